The van der Waals surface area contributed by atoms with Crippen LogP contribution in [0.25, 0.3) is 0 Å². The van der Waals surface area contributed by atoms with E-state index in [1.54, 1.807) is 7.11 Å². The van der Waals surface area contributed by atoms with Crippen molar-refractivity contribution in [3.8, 4) is 5.75 Å². The van der Waals surface area contributed by atoms with Gasteiger partial charge in [0.2, 0.25) is 5.91 Å². The molecule has 1 N–H and O–H groups in total. The Morgan fingerprint density at radius 2 is 2.03 bits per heavy atom. The van der Waals surface area contributed by atoms with Crippen LogP contribution in [0.3, 0.4) is 0 Å². The minimum Gasteiger partial charge on any atom is -0.494 e. The van der Waals surface area contributed by atoms with Crippen LogP contribution in [0.15, 0.2) is 24.3 Å². The maximum atomic E-state index is 12.6. The summed E-state index contributed by atoms with van der Waals surface area (Å²) in [7, 11) is 1.64. The molecule has 1 unspecified atom stereocenters. The molecule has 160 valence electrons. The molecule has 3 fully saturated rings. The number of benzene rings is 1. The summed E-state index contributed by atoms with van der Waals surface area (Å²) in [6, 6.07) is 8.59. The van der Waals surface area contributed by atoms with Crippen LogP contribution in [0.2, 0.25) is 0 Å². The third-order valence-corrected chi connectivity index (χ3v) is 7.86. The van der Waals surface area contributed by atoms with E-state index in [0.29, 0.717) is 31.5 Å². The average molecular weight is 402 g/mol. The van der Waals surface area contributed by atoms with Crippen molar-refractivity contribution < 1.29 is 19.0 Å². The molecule has 1 heterocycles. The van der Waals surface area contributed by atoms with Gasteiger partial charge in [-0.3, -0.25) is 4.79 Å². The van der Waals surface area contributed by atoms with Crippen molar-refractivity contribution in [3.63, 3.8) is 0 Å². The second kappa shape index (κ2) is 7.92. The van der Waals surface area contributed by atoms with E-state index in [0.717, 1.165) is 18.8 Å². The number of methoxy groups -OCH3 is 1. The van der Waals surface area contributed by atoms with Crippen molar-refractivity contribution in [3.05, 3.63) is 29.8 Å². The zero-order valence-electron chi connectivity index (χ0n) is 18.2. The molecule has 1 aromatic carbocycles. The summed E-state index contributed by atoms with van der Waals surface area (Å²) in [5.74, 6) is 2.07. The second-order valence-corrected chi connectivity index (χ2v) is 9.58. The lowest BCUT2D eigenvalue weighted by Gasteiger charge is -2.53. The maximum Gasteiger partial charge on any atom is 0.222 e. The first kappa shape index (κ1) is 20.7. The van der Waals surface area contributed by atoms with Crippen LogP contribution in [0.5, 0.6) is 5.75 Å². The van der Waals surface area contributed by atoms with Gasteiger partial charge in [-0.15, -0.1) is 0 Å². The molecule has 1 aromatic rings. The highest BCUT2D eigenvalue weighted by atomic mass is 16.5. The molecule has 2 aliphatic carbocycles. The summed E-state index contributed by atoms with van der Waals surface area (Å²) in [6.45, 7) is 8.57. The molecule has 5 heteroatoms. The molecular formula is C24H35NO4. The van der Waals surface area contributed by atoms with Crippen molar-refractivity contribution in [1.29, 1.82) is 0 Å². The van der Waals surface area contributed by atoms with Crippen LogP contribution >= 0.6 is 0 Å². The molecule has 1 saturated heterocycles. The standard InChI is InChI=1S/C24H35NO4/c1-5-28-18-8-6-16(7-9-18)21-19-14-17-15-24(19,11-13-29-21)22(23(17,2)3)25-20(26)10-12-27-4/h6-9,17,19,21-22H,5,10-15H2,1-4H3,(H,25,26)/t17-,19-,21-,22+,24?/m1/s1. The Bertz CT molecular complexity index is 731. The number of hydrogen-bond donors (Lipinski definition) is 1. The molecule has 0 aromatic heterocycles. The van der Waals surface area contributed by atoms with Crippen molar-refractivity contribution in [1.82, 2.24) is 5.32 Å². The Balaban J connectivity index is 1.58. The Hall–Kier alpha value is -1.59. The Kier molecular flexibility index (Phi) is 5.64. The fraction of sp³-hybridized carbons (Fsp3) is 0.708. The number of carbonyl (C=O) groups is 1. The highest BCUT2D eigenvalue weighted by Crippen LogP contribution is 2.70. The third-order valence-electron chi connectivity index (χ3n) is 7.86. The largest absolute Gasteiger partial charge is 0.494 e. The van der Waals surface area contributed by atoms with Gasteiger partial charge in [0, 0.05) is 26.2 Å². The van der Waals surface area contributed by atoms with E-state index < -0.39 is 0 Å². The first-order valence-electron chi connectivity index (χ1n) is 11.0. The summed E-state index contributed by atoms with van der Waals surface area (Å²) in [5.41, 5.74) is 1.46. The molecule has 2 bridgehead atoms. The van der Waals surface area contributed by atoms with Gasteiger partial charge in [-0.05, 0) is 66.5 Å². The molecule has 3 aliphatic rings. The van der Waals surface area contributed by atoms with Gasteiger partial charge in [0.25, 0.3) is 0 Å². The number of rotatable bonds is 7. The van der Waals surface area contributed by atoms with Gasteiger partial charge in [0.1, 0.15) is 5.75 Å². The van der Waals surface area contributed by atoms with Gasteiger partial charge < -0.3 is 19.5 Å². The minimum absolute atomic E-state index is 0.0962. The van der Waals surface area contributed by atoms with Gasteiger partial charge in [-0.2, -0.15) is 0 Å². The quantitative estimate of drug-likeness (QED) is 0.747. The molecule has 5 atom stereocenters. The molecule has 1 spiro atoms. The van der Waals surface area contributed by atoms with E-state index in [4.69, 9.17) is 14.2 Å². The summed E-state index contributed by atoms with van der Waals surface area (Å²) >= 11 is 0. The van der Waals surface area contributed by atoms with Crippen molar-refractivity contribution >= 4 is 5.91 Å². The summed E-state index contributed by atoms with van der Waals surface area (Å²) in [5, 5.41) is 3.43. The molecule has 1 aliphatic heterocycles. The summed E-state index contributed by atoms with van der Waals surface area (Å²) in [4.78, 5) is 12.6. The number of carbonyl (C=O) groups excluding carboxylic acids is 1. The lowest BCUT2D eigenvalue weighted by Crippen LogP contribution is -2.59. The van der Waals surface area contributed by atoms with E-state index in [1.807, 2.05) is 19.1 Å². The predicted octanol–water partition coefficient (Wildman–Crippen LogP) is 4.12. The highest BCUT2D eigenvalue weighted by molar-refractivity contribution is 5.76. The van der Waals surface area contributed by atoms with E-state index >= 15 is 0 Å². The van der Waals surface area contributed by atoms with Gasteiger partial charge in [0.05, 0.1) is 19.3 Å². The van der Waals surface area contributed by atoms with Crippen LogP contribution in [-0.4, -0.2) is 38.9 Å². The number of ether oxygens (including phenoxy) is 3. The van der Waals surface area contributed by atoms with Crippen LogP contribution in [-0.2, 0) is 14.3 Å². The summed E-state index contributed by atoms with van der Waals surface area (Å²) in [6.07, 6.45) is 3.92. The SMILES string of the molecule is CCOc1ccc([C@H]2OCCC34C[C@@H](C[C@H]23)C(C)(C)[C@@H]4NC(=O)CCOC)cc1. The second-order valence-electron chi connectivity index (χ2n) is 9.58. The smallest absolute Gasteiger partial charge is 0.222 e. The number of amides is 1. The Morgan fingerprint density at radius 3 is 2.72 bits per heavy atom. The molecule has 5 nitrogen and oxygen atoms in total. The van der Waals surface area contributed by atoms with E-state index in [2.05, 4.69) is 31.3 Å². The fourth-order valence-electron chi connectivity index (χ4n) is 6.47. The normalized spacial score (nSPS) is 34.6. The zero-order chi connectivity index (χ0) is 20.6. The van der Waals surface area contributed by atoms with Crippen LogP contribution in [0.4, 0.5) is 0 Å². The minimum atomic E-state index is 0.0962. The third kappa shape index (κ3) is 3.46. The Labute approximate surface area is 174 Å². The van der Waals surface area contributed by atoms with Crippen molar-refractivity contribution in [2.75, 3.05) is 26.9 Å². The van der Waals surface area contributed by atoms with E-state index in [9.17, 15) is 4.79 Å². The molecule has 4 rings (SSSR count). The number of nitrogens with one attached hydrogen (secondary N) is 1. The van der Waals surface area contributed by atoms with Gasteiger partial charge in [-0.1, -0.05) is 26.0 Å². The van der Waals surface area contributed by atoms with Gasteiger partial charge in [0.15, 0.2) is 0 Å². The molecule has 1 amide bonds. The highest BCUT2D eigenvalue weighted by Gasteiger charge is 2.68. The topological polar surface area (TPSA) is 56.8 Å². The molecule has 2 saturated carbocycles. The monoisotopic (exact) mass is 401 g/mol. The first-order chi connectivity index (χ1) is 13.9. The van der Waals surface area contributed by atoms with E-state index in [1.165, 1.54) is 18.4 Å². The lowest BCUT2D eigenvalue weighted by atomic mass is 9.59. The van der Waals surface area contributed by atoms with E-state index in [-0.39, 0.29) is 28.9 Å². The van der Waals surface area contributed by atoms with Crippen LogP contribution in [0.1, 0.15) is 58.1 Å². The first-order valence-corrected chi connectivity index (χ1v) is 11.0. The van der Waals surface area contributed by atoms with Crippen molar-refractivity contribution in [2.24, 2.45) is 22.7 Å². The van der Waals surface area contributed by atoms with Crippen LogP contribution in [0, 0.1) is 22.7 Å². The van der Waals surface area contributed by atoms with Gasteiger partial charge >= 0.3 is 0 Å². The van der Waals surface area contributed by atoms with Crippen LogP contribution < -0.4 is 10.1 Å². The predicted molar refractivity (Wildman–Crippen MR) is 112 cm³/mol. The number of hydrogen-bond acceptors (Lipinski definition) is 4. The lowest BCUT2D eigenvalue weighted by molar-refractivity contribution is -0.137. The zero-order valence-corrected chi connectivity index (χ0v) is 18.2. The van der Waals surface area contributed by atoms with Crippen molar-refractivity contribution in [2.45, 2.75) is 58.6 Å². The Morgan fingerprint density at radius 1 is 1.28 bits per heavy atom. The average Bonchev–Trinajstić information content (AvgIpc) is 3.20. The summed E-state index contributed by atoms with van der Waals surface area (Å²) < 4.78 is 17.0. The fourth-order valence-corrected chi connectivity index (χ4v) is 6.47. The number of fused-ring (bicyclic) bond motifs is 1. The maximum absolute atomic E-state index is 12.6. The molecule has 0 radical (unpaired) electrons. The molecular weight excluding hydrogens is 366 g/mol. The van der Waals surface area contributed by atoms with Gasteiger partial charge in [-0.25, -0.2) is 0 Å². The molecule has 29 heavy (non-hydrogen) atoms.